The van der Waals surface area contributed by atoms with Crippen LogP contribution >= 0.6 is 0 Å². The number of hydrogen-bond donors (Lipinski definition) is 1. The van der Waals surface area contributed by atoms with Crippen molar-refractivity contribution in [3.05, 3.63) is 29.3 Å². The summed E-state index contributed by atoms with van der Waals surface area (Å²) < 4.78 is 11.0. The van der Waals surface area contributed by atoms with Crippen LogP contribution in [0.15, 0.2) is 18.2 Å². The van der Waals surface area contributed by atoms with Crippen molar-refractivity contribution in [1.29, 1.82) is 0 Å². The van der Waals surface area contributed by atoms with Crippen LogP contribution in [0.2, 0.25) is 0 Å². The molecular formula is C18H23NO5. The molecule has 0 spiro atoms. The highest BCUT2D eigenvalue weighted by molar-refractivity contribution is 5.83. The Morgan fingerprint density at radius 3 is 2.79 bits per heavy atom. The van der Waals surface area contributed by atoms with E-state index in [9.17, 15) is 9.59 Å². The van der Waals surface area contributed by atoms with Gasteiger partial charge in [-0.05, 0) is 48.9 Å². The third-order valence-corrected chi connectivity index (χ3v) is 4.54. The van der Waals surface area contributed by atoms with Crippen LogP contribution in [0, 0.1) is 0 Å². The van der Waals surface area contributed by atoms with E-state index >= 15 is 0 Å². The van der Waals surface area contributed by atoms with Gasteiger partial charge in [0.15, 0.2) is 6.10 Å². The Morgan fingerprint density at radius 2 is 2.08 bits per heavy atom. The molecule has 2 aliphatic heterocycles. The summed E-state index contributed by atoms with van der Waals surface area (Å²) in [5, 5.41) is 8.98. The van der Waals surface area contributed by atoms with Gasteiger partial charge in [-0.1, -0.05) is 13.0 Å². The molecule has 1 fully saturated rings. The Morgan fingerprint density at radius 1 is 1.29 bits per heavy atom. The second kappa shape index (κ2) is 7.21. The smallest absolute Gasteiger partial charge is 0.332 e. The number of fused-ring (bicyclic) bond motifs is 1. The first-order valence-electron chi connectivity index (χ1n) is 8.50. The molecule has 2 aliphatic rings. The fourth-order valence-electron chi connectivity index (χ4n) is 3.23. The van der Waals surface area contributed by atoms with Crippen LogP contribution in [0.3, 0.4) is 0 Å². The predicted octanol–water partition coefficient (Wildman–Crippen LogP) is 1.99. The molecule has 0 unspecified atom stereocenters. The molecule has 6 heteroatoms. The molecule has 6 nitrogen and oxygen atoms in total. The van der Waals surface area contributed by atoms with Gasteiger partial charge in [0.2, 0.25) is 0 Å². The lowest BCUT2D eigenvalue weighted by Gasteiger charge is -2.31. The van der Waals surface area contributed by atoms with Crippen molar-refractivity contribution in [3.63, 3.8) is 0 Å². The molecule has 0 saturated carbocycles. The number of nitrogens with zero attached hydrogens (tertiary/aromatic N) is 1. The lowest BCUT2D eigenvalue weighted by molar-refractivity contribution is -0.155. The van der Waals surface area contributed by atoms with Crippen molar-refractivity contribution in [2.24, 2.45) is 0 Å². The van der Waals surface area contributed by atoms with Crippen molar-refractivity contribution in [2.45, 2.75) is 51.4 Å². The largest absolute Gasteiger partial charge is 0.494 e. The quantitative estimate of drug-likeness (QED) is 0.892. The lowest BCUT2D eigenvalue weighted by atomic mass is 9.99. The van der Waals surface area contributed by atoms with Crippen LogP contribution in [0.1, 0.15) is 37.3 Å². The van der Waals surface area contributed by atoms with Gasteiger partial charge in [0.1, 0.15) is 11.9 Å². The van der Waals surface area contributed by atoms with Crippen LogP contribution in [0.25, 0.3) is 0 Å². The van der Waals surface area contributed by atoms with Crippen LogP contribution in [0.4, 0.5) is 0 Å². The van der Waals surface area contributed by atoms with E-state index in [4.69, 9.17) is 14.6 Å². The molecular weight excluding hydrogens is 310 g/mol. The van der Waals surface area contributed by atoms with Gasteiger partial charge in [-0.3, -0.25) is 4.79 Å². The third-order valence-electron chi connectivity index (χ3n) is 4.54. The summed E-state index contributed by atoms with van der Waals surface area (Å²) in [5.41, 5.74) is 2.33. The molecule has 0 radical (unpaired) electrons. The number of benzene rings is 1. The maximum atomic E-state index is 12.6. The Kier molecular flexibility index (Phi) is 5.04. The summed E-state index contributed by atoms with van der Waals surface area (Å²) >= 11 is 0. The number of carboxylic acid groups (broad SMARTS) is 1. The predicted molar refractivity (Wildman–Crippen MR) is 86.9 cm³/mol. The van der Waals surface area contributed by atoms with E-state index in [2.05, 4.69) is 13.0 Å². The molecule has 24 heavy (non-hydrogen) atoms. The summed E-state index contributed by atoms with van der Waals surface area (Å²) in [5.74, 6) is -0.219. The molecule has 1 amide bonds. The molecule has 0 bridgehead atoms. The molecule has 130 valence electrons. The summed E-state index contributed by atoms with van der Waals surface area (Å²) in [6.45, 7) is 3.94. The van der Waals surface area contributed by atoms with Crippen molar-refractivity contribution in [3.8, 4) is 5.75 Å². The fourth-order valence-corrected chi connectivity index (χ4v) is 3.23. The molecule has 1 aromatic rings. The van der Waals surface area contributed by atoms with E-state index in [1.165, 1.54) is 5.56 Å². The maximum Gasteiger partial charge on any atom is 0.332 e. The second-order valence-corrected chi connectivity index (χ2v) is 6.32. The van der Waals surface area contributed by atoms with Crippen LogP contribution < -0.4 is 4.74 Å². The minimum absolute atomic E-state index is 0.101. The number of aliphatic carboxylic acids is 1. The van der Waals surface area contributed by atoms with Gasteiger partial charge in [-0.2, -0.15) is 0 Å². The fraction of sp³-hybridized carbons (Fsp3) is 0.556. The Bertz CT molecular complexity index is 630. The van der Waals surface area contributed by atoms with E-state index in [-0.39, 0.29) is 5.91 Å². The van der Waals surface area contributed by atoms with Gasteiger partial charge in [-0.25, -0.2) is 4.79 Å². The summed E-state index contributed by atoms with van der Waals surface area (Å²) in [6, 6.07) is 6.00. The van der Waals surface area contributed by atoms with E-state index in [0.717, 1.165) is 24.2 Å². The number of hydrogen-bond acceptors (Lipinski definition) is 4. The zero-order valence-corrected chi connectivity index (χ0v) is 13.9. The van der Waals surface area contributed by atoms with Crippen LogP contribution in [-0.4, -0.2) is 47.2 Å². The minimum Gasteiger partial charge on any atom is -0.494 e. The third kappa shape index (κ3) is 3.53. The number of carboxylic acids is 1. The second-order valence-electron chi connectivity index (χ2n) is 6.32. The highest BCUT2D eigenvalue weighted by Crippen LogP contribution is 2.27. The average molecular weight is 333 g/mol. The first-order chi connectivity index (χ1) is 11.6. The Labute approximate surface area is 141 Å². The average Bonchev–Trinajstić information content (AvgIpc) is 3.09. The summed E-state index contributed by atoms with van der Waals surface area (Å²) in [4.78, 5) is 25.3. The van der Waals surface area contributed by atoms with Gasteiger partial charge in [-0.15, -0.1) is 0 Å². The van der Waals surface area contributed by atoms with Gasteiger partial charge in [0.05, 0.1) is 6.61 Å². The van der Waals surface area contributed by atoms with Crippen LogP contribution in [-0.2, 0) is 27.3 Å². The number of ether oxygens (including phenoxy) is 2. The topological polar surface area (TPSA) is 76.1 Å². The van der Waals surface area contributed by atoms with Crippen molar-refractivity contribution < 1.29 is 24.2 Å². The van der Waals surface area contributed by atoms with Gasteiger partial charge < -0.3 is 19.5 Å². The summed E-state index contributed by atoms with van der Waals surface area (Å²) in [6.07, 6.45) is 1.14. The normalized spacial score (nSPS) is 23.0. The number of carbonyl (C=O) groups is 2. The molecule has 2 heterocycles. The van der Waals surface area contributed by atoms with E-state index < -0.39 is 18.2 Å². The van der Waals surface area contributed by atoms with Crippen LogP contribution in [0.5, 0.6) is 5.75 Å². The maximum absolute atomic E-state index is 12.6. The molecule has 1 saturated heterocycles. The first-order valence-corrected chi connectivity index (χ1v) is 8.50. The lowest BCUT2D eigenvalue weighted by Crippen LogP contribution is -2.42. The van der Waals surface area contributed by atoms with E-state index in [1.807, 2.05) is 12.1 Å². The standard InChI is InChI=1S/C18H23NO5/c1-2-9-23-14-4-3-13-11-19(8-7-12(13)10-14)17(20)15-5-6-16(24-15)18(21)22/h3-4,10,15-16H,2,5-9,11H2,1H3,(H,21,22)/t15-,16+/m0/s1. The number of rotatable bonds is 5. The van der Waals surface area contributed by atoms with E-state index in [1.54, 1.807) is 4.90 Å². The Hall–Kier alpha value is -2.08. The van der Waals surface area contributed by atoms with E-state index in [0.29, 0.717) is 32.5 Å². The molecule has 0 aliphatic carbocycles. The molecule has 1 aromatic carbocycles. The molecule has 0 aromatic heterocycles. The van der Waals surface area contributed by atoms with Gasteiger partial charge in [0, 0.05) is 13.1 Å². The first kappa shape index (κ1) is 16.8. The molecule has 3 rings (SSSR count). The minimum atomic E-state index is -0.992. The number of carbonyl (C=O) groups excluding carboxylic acids is 1. The monoisotopic (exact) mass is 333 g/mol. The van der Waals surface area contributed by atoms with Crippen molar-refractivity contribution in [1.82, 2.24) is 4.90 Å². The van der Waals surface area contributed by atoms with Gasteiger partial charge in [0.25, 0.3) is 5.91 Å². The van der Waals surface area contributed by atoms with Crippen molar-refractivity contribution in [2.75, 3.05) is 13.2 Å². The zero-order chi connectivity index (χ0) is 17.1. The number of amides is 1. The highest BCUT2D eigenvalue weighted by Gasteiger charge is 2.37. The van der Waals surface area contributed by atoms with Crippen molar-refractivity contribution >= 4 is 11.9 Å². The SMILES string of the molecule is CCCOc1ccc2c(c1)CCN(C(=O)[C@@H]1CC[C@H](C(=O)O)O1)C2. The molecule has 1 N–H and O–H groups in total. The van der Waals surface area contributed by atoms with Gasteiger partial charge >= 0.3 is 5.97 Å². The summed E-state index contributed by atoms with van der Waals surface area (Å²) in [7, 11) is 0. The molecule has 2 atom stereocenters. The highest BCUT2D eigenvalue weighted by atomic mass is 16.5. The Balaban J connectivity index is 1.62. The zero-order valence-electron chi connectivity index (χ0n) is 13.9.